The summed E-state index contributed by atoms with van der Waals surface area (Å²) >= 11 is 0. The molecule has 5 nitrogen and oxygen atoms in total. The predicted molar refractivity (Wildman–Crippen MR) is 135 cm³/mol. The van der Waals surface area contributed by atoms with Gasteiger partial charge in [-0.15, -0.1) is 0 Å². The Hall–Kier alpha value is -3.36. The number of methoxy groups -OCH3 is 1. The zero-order valence-corrected chi connectivity index (χ0v) is 20.6. The Labute approximate surface area is 214 Å². The Morgan fingerprint density at radius 2 is 1.70 bits per heavy atom. The van der Waals surface area contributed by atoms with E-state index in [1.807, 2.05) is 24.3 Å². The van der Waals surface area contributed by atoms with E-state index in [1.165, 1.54) is 18.2 Å². The number of nitrogens with one attached hydrogen (secondary N) is 1. The molecule has 0 aliphatic carbocycles. The number of carbonyl (C=O) groups is 1. The highest BCUT2D eigenvalue weighted by molar-refractivity contribution is 6.08. The maximum absolute atomic E-state index is 14.1. The molecule has 8 heteroatoms. The van der Waals surface area contributed by atoms with Crippen molar-refractivity contribution in [2.24, 2.45) is 0 Å². The fourth-order valence-corrected chi connectivity index (χ4v) is 5.47. The van der Waals surface area contributed by atoms with Crippen molar-refractivity contribution in [2.45, 2.75) is 30.8 Å². The van der Waals surface area contributed by atoms with Crippen LogP contribution >= 0.6 is 0 Å². The topological polar surface area (TPSA) is 50.8 Å². The normalized spacial score (nSPS) is 18.9. The highest BCUT2D eigenvalue weighted by Gasteiger charge is 2.49. The number of carbonyl (C=O) groups excluding carboxylic acids is 1. The van der Waals surface area contributed by atoms with Crippen molar-refractivity contribution in [3.05, 3.63) is 94.8 Å². The second kappa shape index (κ2) is 10.6. The Balaban J connectivity index is 1.40. The molecule has 1 fully saturated rings. The Morgan fingerprint density at radius 3 is 2.41 bits per heavy atom. The summed E-state index contributed by atoms with van der Waals surface area (Å²) in [6, 6.07) is 15.7. The molecule has 194 valence electrons. The van der Waals surface area contributed by atoms with Crippen LogP contribution in [0.25, 0.3) is 0 Å². The molecule has 0 radical (unpaired) electrons. The number of anilines is 1. The third-order valence-electron chi connectivity index (χ3n) is 7.35. The molecule has 1 saturated heterocycles. The molecule has 2 aliphatic heterocycles. The maximum Gasteiger partial charge on any atom is 0.174 e. The average molecular weight is 511 g/mol. The van der Waals surface area contributed by atoms with E-state index in [1.54, 1.807) is 19.2 Å². The van der Waals surface area contributed by atoms with Gasteiger partial charge in [0.25, 0.3) is 0 Å². The molecule has 3 aromatic rings. The lowest BCUT2D eigenvalue weighted by molar-refractivity contribution is 0.0842. The molecule has 2 aliphatic rings. The van der Waals surface area contributed by atoms with Gasteiger partial charge >= 0.3 is 0 Å². The smallest absolute Gasteiger partial charge is 0.174 e. The molecular weight excluding hydrogens is 481 g/mol. The first-order chi connectivity index (χ1) is 17.9. The molecule has 0 amide bonds. The van der Waals surface area contributed by atoms with Gasteiger partial charge in [0.1, 0.15) is 18.2 Å². The van der Waals surface area contributed by atoms with E-state index in [9.17, 15) is 18.0 Å². The van der Waals surface area contributed by atoms with Crippen LogP contribution in [0.1, 0.15) is 40.2 Å². The predicted octanol–water partition coefficient (Wildman–Crippen LogP) is 5.56. The fraction of sp³-hybridized carbons (Fsp3) is 0.345. The summed E-state index contributed by atoms with van der Waals surface area (Å²) in [7, 11) is 1.61. The summed E-state index contributed by atoms with van der Waals surface area (Å²) in [6.07, 6.45) is 1.24. The molecule has 0 bridgehead atoms. The van der Waals surface area contributed by atoms with Crippen LogP contribution in [0.5, 0.6) is 5.75 Å². The second-order valence-electron chi connectivity index (χ2n) is 9.70. The van der Waals surface area contributed by atoms with Crippen LogP contribution in [0.3, 0.4) is 0 Å². The van der Waals surface area contributed by atoms with Gasteiger partial charge in [-0.1, -0.05) is 18.2 Å². The van der Waals surface area contributed by atoms with Gasteiger partial charge in [-0.2, -0.15) is 0 Å². The van der Waals surface area contributed by atoms with Gasteiger partial charge in [0, 0.05) is 38.0 Å². The van der Waals surface area contributed by atoms with Crippen LogP contribution in [-0.2, 0) is 11.3 Å². The fourth-order valence-electron chi connectivity index (χ4n) is 5.47. The van der Waals surface area contributed by atoms with E-state index in [2.05, 4.69) is 10.2 Å². The van der Waals surface area contributed by atoms with E-state index in [-0.39, 0.29) is 5.78 Å². The minimum Gasteiger partial charge on any atom is -0.491 e. The third-order valence-corrected chi connectivity index (χ3v) is 7.35. The molecule has 2 heterocycles. The van der Waals surface area contributed by atoms with Crippen molar-refractivity contribution in [1.29, 1.82) is 0 Å². The molecule has 1 unspecified atom stereocenters. The van der Waals surface area contributed by atoms with E-state index in [0.717, 1.165) is 11.6 Å². The summed E-state index contributed by atoms with van der Waals surface area (Å²) < 4.78 is 51.8. The standard InChI is InChI=1S/C29H29F3N2O3/c1-36-14-15-37-22-6-3-20(4-7-22)27-28(35)23-8-5-21(30)17-26(23)33-29(27)10-12-34(13-11-29)18-19-2-9-24(31)25(32)16-19/h2-9,16-17,27,33H,10-15,18H2,1H3. The summed E-state index contributed by atoms with van der Waals surface area (Å²) in [6.45, 7) is 2.66. The van der Waals surface area contributed by atoms with Crippen LogP contribution in [-0.4, -0.2) is 49.6 Å². The van der Waals surface area contributed by atoms with E-state index < -0.39 is 28.9 Å². The van der Waals surface area contributed by atoms with Crippen molar-refractivity contribution in [1.82, 2.24) is 4.90 Å². The van der Waals surface area contributed by atoms with E-state index >= 15 is 0 Å². The minimum atomic E-state index is -0.866. The lowest BCUT2D eigenvalue weighted by Gasteiger charge is -2.50. The number of ether oxygens (including phenoxy) is 2. The van der Waals surface area contributed by atoms with Crippen molar-refractivity contribution in [3.63, 3.8) is 0 Å². The number of ketones is 1. The van der Waals surface area contributed by atoms with Crippen molar-refractivity contribution in [2.75, 3.05) is 38.7 Å². The van der Waals surface area contributed by atoms with Gasteiger partial charge in [-0.05, 0) is 66.4 Å². The number of fused-ring (bicyclic) bond motifs is 1. The van der Waals surface area contributed by atoms with Crippen LogP contribution in [0, 0.1) is 17.5 Å². The van der Waals surface area contributed by atoms with Crippen LogP contribution < -0.4 is 10.1 Å². The molecule has 0 saturated carbocycles. The number of likely N-dealkylation sites (tertiary alicyclic amines) is 1. The Morgan fingerprint density at radius 1 is 0.946 bits per heavy atom. The third kappa shape index (κ3) is 5.22. The molecule has 1 spiro atoms. The molecule has 37 heavy (non-hydrogen) atoms. The molecular formula is C29H29F3N2O3. The first-order valence-corrected chi connectivity index (χ1v) is 12.4. The SMILES string of the molecule is COCCOc1ccc(C2C(=O)c3ccc(F)cc3NC23CCN(Cc2ccc(F)c(F)c2)CC3)cc1. The van der Waals surface area contributed by atoms with Crippen LogP contribution in [0.2, 0.25) is 0 Å². The maximum atomic E-state index is 14.1. The largest absolute Gasteiger partial charge is 0.491 e. The summed E-state index contributed by atoms with van der Waals surface area (Å²) in [5.41, 5.74) is 1.92. The van der Waals surface area contributed by atoms with Crippen LogP contribution in [0.4, 0.5) is 18.9 Å². The molecule has 1 N–H and O–H groups in total. The molecule has 1 atom stereocenters. The van der Waals surface area contributed by atoms with Gasteiger partial charge in [0.05, 0.1) is 18.1 Å². The van der Waals surface area contributed by atoms with Crippen molar-refractivity contribution < 1.29 is 27.4 Å². The monoisotopic (exact) mass is 510 g/mol. The molecule has 5 rings (SSSR count). The zero-order chi connectivity index (χ0) is 26.0. The number of rotatable bonds is 7. The number of nitrogens with zero attached hydrogens (tertiary/aromatic N) is 1. The summed E-state index contributed by atoms with van der Waals surface area (Å²) in [5, 5.41) is 3.54. The van der Waals surface area contributed by atoms with Crippen molar-refractivity contribution >= 4 is 11.5 Å². The number of hydrogen-bond donors (Lipinski definition) is 1. The minimum absolute atomic E-state index is 0.0455. The summed E-state index contributed by atoms with van der Waals surface area (Å²) in [5.74, 6) is -1.95. The lowest BCUT2D eigenvalue weighted by atomic mass is 9.67. The second-order valence-corrected chi connectivity index (χ2v) is 9.70. The quantitative estimate of drug-likeness (QED) is 0.422. The lowest BCUT2D eigenvalue weighted by Crippen LogP contribution is -2.56. The molecule has 3 aromatic carbocycles. The molecule has 0 aromatic heterocycles. The van der Waals surface area contributed by atoms with Gasteiger partial charge in [0.15, 0.2) is 17.4 Å². The first kappa shape index (κ1) is 25.3. The van der Waals surface area contributed by atoms with Gasteiger partial charge in [-0.25, -0.2) is 13.2 Å². The number of piperidine rings is 1. The summed E-state index contributed by atoms with van der Waals surface area (Å²) in [4.78, 5) is 16.0. The van der Waals surface area contributed by atoms with Crippen molar-refractivity contribution in [3.8, 4) is 5.75 Å². The first-order valence-electron chi connectivity index (χ1n) is 12.4. The number of hydrogen-bond acceptors (Lipinski definition) is 5. The number of halogens is 3. The number of benzene rings is 3. The van der Waals surface area contributed by atoms with Gasteiger partial charge in [0.2, 0.25) is 0 Å². The van der Waals surface area contributed by atoms with E-state index in [0.29, 0.717) is 68.3 Å². The van der Waals surface area contributed by atoms with Gasteiger partial charge in [-0.3, -0.25) is 9.69 Å². The van der Waals surface area contributed by atoms with Crippen LogP contribution in [0.15, 0.2) is 60.7 Å². The zero-order valence-electron chi connectivity index (χ0n) is 20.6. The number of Topliss-reactive ketones (excluding diaryl/α,β-unsaturated/α-hetero) is 1. The Kier molecular flexibility index (Phi) is 7.22. The average Bonchev–Trinajstić information content (AvgIpc) is 2.88. The highest BCUT2D eigenvalue weighted by Crippen LogP contribution is 2.46. The van der Waals surface area contributed by atoms with Gasteiger partial charge < -0.3 is 14.8 Å². The Bertz CT molecular complexity index is 1270. The highest BCUT2D eigenvalue weighted by atomic mass is 19.2. The van der Waals surface area contributed by atoms with E-state index in [4.69, 9.17) is 9.47 Å².